The number of alkyl halides is 1. The summed E-state index contributed by atoms with van der Waals surface area (Å²) in [6.45, 7) is 0.459. The summed E-state index contributed by atoms with van der Waals surface area (Å²) in [4.78, 5) is 0. The summed E-state index contributed by atoms with van der Waals surface area (Å²) in [5.41, 5.74) is 1.05. The predicted octanol–water partition coefficient (Wildman–Crippen LogP) is 2.86. The molecule has 0 radical (unpaired) electrons. The average molecular weight is 271 g/mol. The van der Waals surface area contributed by atoms with Gasteiger partial charge in [-0.15, -0.1) is 21.8 Å². The molecule has 0 bridgehead atoms. The maximum Gasteiger partial charge on any atom is 0.294 e. The molecule has 1 aromatic carbocycles. The summed E-state index contributed by atoms with van der Waals surface area (Å²) in [6, 6.07) is 7.68. The zero-order valence-corrected chi connectivity index (χ0v) is 10.8. The fourth-order valence-corrected chi connectivity index (χ4v) is 1.97. The molecular formula is C11H11ClN2O2S. The number of benzene rings is 1. The van der Waals surface area contributed by atoms with E-state index >= 15 is 0 Å². The van der Waals surface area contributed by atoms with E-state index in [0.29, 0.717) is 17.7 Å². The van der Waals surface area contributed by atoms with E-state index in [-0.39, 0.29) is 0 Å². The van der Waals surface area contributed by atoms with Gasteiger partial charge in [0.1, 0.15) is 17.4 Å². The highest BCUT2D eigenvalue weighted by Gasteiger charge is 2.04. The molecule has 17 heavy (non-hydrogen) atoms. The smallest absolute Gasteiger partial charge is 0.294 e. The van der Waals surface area contributed by atoms with Crippen LogP contribution in [0.15, 0.2) is 24.3 Å². The van der Waals surface area contributed by atoms with Crippen molar-refractivity contribution in [2.75, 3.05) is 7.11 Å². The molecule has 0 saturated heterocycles. The highest BCUT2D eigenvalue weighted by Crippen LogP contribution is 2.20. The van der Waals surface area contributed by atoms with Crippen LogP contribution < -0.4 is 9.47 Å². The van der Waals surface area contributed by atoms with Crippen molar-refractivity contribution in [1.82, 2.24) is 10.2 Å². The van der Waals surface area contributed by atoms with Crippen LogP contribution in [-0.4, -0.2) is 17.3 Å². The molecule has 0 atom stereocenters. The van der Waals surface area contributed by atoms with Crippen molar-refractivity contribution in [2.45, 2.75) is 12.5 Å². The highest BCUT2D eigenvalue weighted by molar-refractivity contribution is 7.13. The third kappa shape index (κ3) is 3.31. The Morgan fingerprint density at radius 2 is 2.00 bits per heavy atom. The van der Waals surface area contributed by atoms with Gasteiger partial charge >= 0.3 is 0 Å². The number of hydrogen-bond acceptors (Lipinski definition) is 5. The topological polar surface area (TPSA) is 44.2 Å². The molecule has 4 nitrogen and oxygen atoms in total. The second kappa shape index (κ2) is 5.84. The molecule has 0 aliphatic rings. The van der Waals surface area contributed by atoms with Gasteiger partial charge in [0.05, 0.1) is 13.0 Å². The Bertz CT molecular complexity index is 473. The van der Waals surface area contributed by atoms with Gasteiger partial charge in [0.25, 0.3) is 5.19 Å². The number of ether oxygens (including phenoxy) is 2. The van der Waals surface area contributed by atoms with E-state index in [1.165, 1.54) is 11.3 Å². The largest absolute Gasteiger partial charge is 0.497 e. The zero-order chi connectivity index (χ0) is 12.1. The number of nitrogens with zero attached hydrogens (tertiary/aromatic N) is 2. The van der Waals surface area contributed by atoms with Crippen LogP contribution in [-0.2, 0) is 12.5 Å². The van der Waals surface area contributed by atoms with Gasteiger partial charge in [-0.1, -0.05) is 23.5 Å². The highest BCUT2D eigenvalue weighted by atomic mass is 35.5. The lowest BCUT2D eigenvalue weighted by Crippen LogP contribution is -1.95. The van der Waals surface area contributed by atoms with Crippen molar-refractivity contribution in [3.63, 3.8) is 0 Å². The van der Waals surface area contributed by atoms with Crippen LogP contribution in [0, 0.1) is 0 Å². The number of hydrogen-bond donors (Lipinski definition) is 0. The van der Waals surface area contributed by atoms with Crippen LogP contribution in [0.25, 0.3) is 0 Å². The van der Waals surface area contributed by atoms with Gasteiger partial charge in [0.2, 0.25) is 0 Å². The lowest BCUT2D eigenvalue weighted by atomic mass is 10.2. The molecule has 1 aromatic heterocycles. The van der Waals surface area contributed by atoms with E-state index in [2.05, 4.69) is 10.2 Å². The summed E-state index contributed by atoms with van der Waals surface area (Å²) >= 11 is 6.99. The number of aromatic nitrogens is 2. The standard InChI is InChI=1S/C11H11ClN2O2S/c1-15-9-4-2-8(3-5-9)7-16-11-14-13-10(6-12)17-11/h2-5H,6-7H2,1H3. The van der Waals surface area contributed by atoms with E-state index in [0.717, 1.165) is 16.3 Å². The maximum atomic E-state index is 5.63. The summed E-state index contributed by atoms with van der Waals surface area (Å²) in [5, 5.41) is 9.04. The minimum atomic E-state index is 0.365. The van der Waals surface area contributed by atoms with Gasteiger partial charge in [-0.2, -0.15) is 0 Å². The van der Waals surface area contributed by atoms with Crippen molar-refractivity contribution in [3.05, 3.63) is 34.8 Å². The van der Waals surface area contributed by atoms with Gasteiger partial charge in [-0.3, -0.25) is 0 Å². The summed E-state index contributed by atoms with van der Waals surface area (Å²) in [6.07, 6.45) is 0. The van der Waals surface area contributed by atoms with Crippen molar-refractivity contribution in [3.8, 4) is 10.9 Å². The predicted molar refractivity (Wildman–Crippen MR) is 66.8 cm³/mol. The molecule has 0 saturated carbocycles. The Kier molecular flexibility index (Phi) is 4.17. The second-order valence-electron chi connectivity index (χ2n) is 3.23. The van der Waals surface area contributed by atoms with Gasteiger partial charge in [-0.25, -0.2) is 0 Å². The minimum Gasteiger partial charge on any atom is -0.497 e. The normalized spacial score (nSPS) is 10.2. The van der Waals surface area contributed by atoms with Crippen LogP contribution in [0.5, 0.6) is 10.9 Å². The van der Waals surface area contributed by atoms with Crippen LogP contribution >= 0.6 is 22.9 Å². The summed E-state index contributed by atoms with van der Waals surface area (Å²) in [5.74, 6) is 1.19. The van der Waals surface area contributed by atoms with Crippen molar-refractivity contribution in [2.24, 2.45) is 0 Å². The van der Waals surface area contributed by atoms with E-state index < -0.39 is 0 Å². The fraction of sp³-hybridized carbons (Fsp3) is 0.273. The monoisotopic (exact) mass is 270 g/mol. The zero-order valence-electron chi connectivity index (χ0n) is 9.22. The first-order valence-corrected chi connectivity index (χ1v) is 6.31. The number of rotatable bonds is 5. The van der Waals surface area contributed by atoms with Gasteiger partial charge in [-0.05, 0) is 17.7 Å². The molecule has 0 aliphatic heterocycles. The molecule has 0 fully saturated rings. The van der Waals surface area contributed by atoms with Crippen molar-refractivity contribution in [1.29, 1.82) is 0 Å². The molecule has 0 spiro atoms. The second-order valence-corrected chi connectivity index (χ2v) is 4.52. The number of halogens is 1. The Labute approximate surface area is 108 Å². The average Bonchev–Trinajstić information content (AvgIpc) is 2.85. The molecule has 0 amide bonds. The van der Waals surface area contributed by atoms with Crippen LogP contribution in [0.4, 0.5) is 0 Å². The minimum absolute atomic E-state index is 0.365. The first-order chi connectivity index (χ1) is 8.31. The molecule has 2 aromatic rings. The van der Waals surface area contributed by atoms with Crippen LogP contribution in [0.2, 0.25) is 0 Å². The lowest BCUT2D eigenvalue weighted by Gasteiger charge is -2.03. The summed E-state index contributed by atoms with van der Waals surface area (Å²) < 4.78 is 10.6. The Hall–Kier alpha value is -1.33. The van der Waals surface area contributed by atoms with Crippen LogP contribution in [0.3, 0.4) is 0 Å². The molecule has 2 rings (SSSR count). The van der Waals surface area contributed by atoms with Crippen LogP contribution in [0.1, 0.15) is 10.6 Å². The van der Waals surface area contributed by atoms with E-state index in [1.807, 2.05) is 24.3 Å². The van der Waals surface area contributed by atoms with E-state index in [1.54, 1.807) is 7.11 Å². The molecule has 0 aliphatic carbocycles. The third-order valence-electron chi connectivity index (χ3n) is 2.08. The fourth-order valence-electron chi connectivity index (χ4n) is 1.22. The van der Waals surface area contributed by atoms with Crippen molar-refractivity contribution < 1.29 is 9.47 Å². The van der Waals surface area contributed by atoms with Gasteiger partial charge in [0.15, 0.2) is 0 Å². The number of methoxy groups -OCH3 is 1. The molecular weight excluding hydrogens is 260 g/mol. The quantitative estimate of drug-likeness (QED) is 0.784. The molecule has 0 unspecified atom stereocenters. The third-order valence-corrected chi connectivity index (χ3v) is 3.33. The summed E-state index contributed by atoms with van der Waals surface area (Å²) in [7, 11) is 1.64. The molecule has 1 heterocycles. The van der Waals surface area contributed by atoms with Gasteiger partial charge < -0.3 is 9.47 Å². The first-order valence-electron chi connectivity index (χ1n) is 4.96. The SMILES string of the molecule is COc1ccc(COc2nnc(CCl)s2)cc1. The first kappa shape index (κ1) is 12.1. The van der Waals surface area contributed by atoms with E-state index in [4.69, 9.17) is 21.1 Å². The Morgan fingerprint density at radius 1 is 1.24 bits per heavy atom. The van der Waals surface area contributed by atoms with Gasteiger partial charge in [0, 0.05) is 0 Å². The molecule has 90 valence electrons. The Morgan fingerprint density at radius 3 is 2.59 bits per heavy atom. The lowest BCUT2D eigenvalue weighted by molar-refractivity contribution is 0.301. The molecule has 6 heteroatoms. The Balaban J connectivity index is 1.92. The van der Waals surface area contributed by atoms with E-state index in [9.17, 15) is 0 Å². The van der Waals surface area contributed by atoms with Crippen molar-refractivity contribution >= 4 is 22.9 Å². The molecule has 0 N–H and O–H groups in total. The maximum absolute atomic E-state index is 5.63.